The van der Waals surface area contributed by atoms with E-state index >= 15 is 0 Å². The summed E-state index contributed by atoms with van der Waals surface area (Å²) in [6, 6.07) is 10.3. The van der Waals surface area contributed by atoms with Crippen LogP contribution in [-0.2, 0) is 11.3 Å². The maximum atomic E-state index is 10.7. The van der Waals surface area contributed by atoms with Gasteiger partial charge in [0.15, 0.2) is 0 Å². The van der Waals surface area contributed by atoms with Crippen LogP contribution in [0.2, 0.25) is 0 Å². The van der Waals surface area contributed by atoms with Crippen molar-refractivity contribution in [3.8, 4) is 0 Å². The SMILES string of the molecule is CC(C)N(C=O)Cc1ccccc1.CN. The fraction of sp³-hybridized carbons (Fsp3) is 0.417. The predicted octanol–water partition coefficient (Wildman–Crippen LogP) is 1.63. The van der Waals surface area contributed by atoms with Crippen molar-refractivity contribution < 1.29 is 4.79 Å². The van der Waals surface area contributed by atoms with E-state index in [0.29, 0.717) is 6.54 Å². The molecule has 0 spiro atoms. The molecule has 1 amide bonds. The van der Waals surface area contributed by atoms with Crippen molar-refractivity contribution in [1.29, 1.82) is 0 Å². The number of carbonyl (C=O) groups excluding carboxylic acids is 1. The Hall–Kier alpha value is -1.35. The van der Waals surface area contributed by atoms with E-state index in [1.54, 1.807) is 4.90 Å². The molecule has 0 aliphatic carbocycles. The highest BCUT2D eigenvalue weighted by Gasteiger charge is 2.05. The minimum Gasteiger partial charge on any atom is -0.339 e. The second-order valence-corrected chi connectivity index (χ2v) is 3.36. The van der Waals surface area contributed by atoms with Gasteiger partial charge in [-0.3, -0.25) is 4.79 Å². The molecular formula is C12H20N2O. The van der Waals surface area contributed by atoms with Crippen LogP contribution in [0.5, 0.6) is 0 Å². The van der Waals surface area contributed by atoms with Crippen molar-refractivity contribution in [1.82, 2.24) is 4.90 Å². The second kappa shape index (κ2) is 8.00. The predicted molar refractivity (Wildman–Crippen MR) is 63.3 cm³/mol. The van der Waals surface area contributed by atoms with E-state index in [4.69, 9.17) is 0 Å². The Morgan fingerprint density at radius 2 is 1.80 bits per heavy atom. The van der Waals surface area contributed by atoms with Crippen molar-refractivity contribution in [2.75, 3.05) is 7.05 Å². The monoisotopic (exact) mass is 208 g/mol. The van der Waals surface area contributed by atoms with Crippen molar-refractivity contribution in [3.05, 3.63) is 35.9 Å². The van der Waals surface area contributed by atoms with Crippen LogP contribution in [0.1, 0.15) is 19.4 Å². The molecule has 84 valence electrons. The minimum atomic E-state index is 0.262. The Morgan fingerprint density at radius 1 is 1.27 bits per heavy atom. The molecule has 0 radical (unpaired) electrons. The molecule has 0 unspecified atom stereocenters. The van der Waals surface area contributed by atoms with Crippen LogP contribution < -0.4 is 5.73 Å². The summed E-state index contributed by atoms with van der Waals surface area (Å²) < 4.78 is 0. The Kier molecular flexibility index (Phi) is 7.28. The minimum absolute atomic E-state index is 0.262. The molecule has 15 heavy (non-hydrogen) atoms. The average Bonchev–Trinajstić information content (AvgIpc) is 2.29. The van der Waals surface area contributed by atoms with E-state index in [1.165, 1.54) is 12.6 Å². The Labute approximate surface area is 91.9 Å². The van der Waals surface area contributed by atoms with Crippen molar-refractivity contribution in [2.45, 2.75) is 26.4 Å². The van der Waals surface area contributed by atoms with Gasteiger partial charge in [0, 0.05) is 12.6 Å². The molecule has 0 aliphatic heterocycles. The molecule has 1 aromatic rings. The lowest BCUT2D eigenvalue weighted by molar-refractivity contribution is -0.120. The van der Waals surface area contributed by atoms with Gasteiger partial charge in [-0.15, -0.1) is 0 Å². The molecule has 1 aromatic carbocycles. The number of amides is 1. The Morgan fingerprint density at radius 3 is 2.20 bits per heavy atom. The lowest BCUT2D eigenvalue weighted by Gasteiger charge is -2.21. The van der Waals surface area contributed by atoms with Gasteiger partial charge >= 0.3 is 0 Å². The average molecular weight is 208 g/mol. The summed E-state index contributed by atoms with van der Waals surface area (Å²) in [5.74, 6) is 0. The fourth-order valence-corrected chi connectivity index (χ4v) is 1.14. The number of rotatable bonds is 4. The lowest BCUT2D eigenvalue weighted by Crippen LogP contribution is -2.28. The quantitative estimate of drug-likeness (QED) is 0.764. The van der Waals surface area contributed by atoms with Crippen LogP contribution in [0.3, 0.4) is 0 Å². The van der Waals surface area contributed by atoms with Crippen LogP contribution in [-0.4, -0.2) is 24.4 Å². The third-order valence-corrected chi connectivity index (χ3v) is 2.01. The van der Waals surface area contributed by atoms with E-state index in [0.717, 1.165) is 6.41 Å². The van der Waals surface area contributed by atoms with Gasteiger partial charge in [0.1, 0.15) is 0 Å². The van der Waals surface area contributed by atoms with Crippen LogP contribution >= 0.6 is 0 Å². The summed E-state index contributed by atoms with van der Waals surface area (Å²) in [6.45, 7) is 4.72. The van der Waals surface area contributed by atoms with Gasteiger partial charge < -0.3 is 10.6 Å². The molecule has 0 saturated carbocycles. The summed E-state index contributed by atoms with van der Waals surface area (Å²) in [5, 5.41) is 0. The molecule has 0 atom stereocenters. The maximum Gasteiger partial charge on any atom is 0.210 e. The van der Waals surface area contributed by atoms with Crippen LogP contribution in [0, 0.1) is 0 Å². The lowest BCUT2D eigenvalue weighted by atomic mass is 10.2. The van der Waals surface area contributed by atoms with E-state index in [1.807, 2.05) is 44.2 Å². The summed E-state index contributed by atoms with van der Waals surface area (Å²) >= 11 is 0. The smallest absolute Gasteiger partial charge is 0.210 e. The zero-order valence-electron chi connectivity index (χ0n) is 9.68. The van der Waals surface area contributed by atoms with E-state index in [9.17, 15) is 4.79 Å². The number of nitrogens with zero attached hydrogens (tertiary/aromatic N) is 1. The number of hydrogen-bond acceptors (Lipinski definition) is 2. The largest absolute Gasteiger partial charge is 0.339 e. The van der Waals surface area contributed by atoms with Crippen LogP contribution in [0.25, 0.3) is 0 Å². The number of hydrogen-bond donors (Lipinski definition) is 1. The van der Waals surface area contributed by atoms with Crippen molar-refractivity contribution in [2.24, 2.45) is 5.73 Å². The third-order valence-electron chi connectivity index (χ3n) is 2.01. The van der Waals surface area contributed by atoms with E-state index in [-0.39, 0.29) is 6.04 Å². The normalized spacial score (nSPS) is 9.13. The van der Waals surface area contributed by atoms with Gasteiger partial charge in [0.05, 0.1) is 0 Å². The first-order valence-electron chi connectivity index (χ1n) is 5.06. The van der Waals surface area contributed by atoms with Crippen molar-refractivity contribution >= 4 is 6.41 Å². The standard InChI is InChI=1S/C11H15NO.CH5N/c1-10(2)12(9-13)8-11-6-4-3-5-7-11;1-2/h3-7,9-10H,8H2,1-2H3;2H2,1H3. The summed E-state index contributed by atoms with van der Waals surface area (Å²) in [6.07, 6.45) is 0.900. The molecule has 3 heteroatoms. The molecule has 0 bridgehead atoms. The van der Waals surface area contributed by atoms with Crippen LogP contribution in [0.15, 0.2) is 30.3 Å². The zero-order chi connectivity index (χ0) is 11.7. The highest BCUT2D eigenvalue weighted by atomic mass is 16.1. The molecule has 3 nitrogen and oxygen atoms in total. The molecule has 2 N–H and O–H groups in total. The maximum absolute atomic E-state index is 10.7. The van der Waals surface area contributed by atoms with Crippen molar-refractivity contribution in [3.63, 3.8) is 0 Å². The first-order chi connectivity index (χ1) is 7.24. The zero-order valence-corrected chi connectivity index (χ0v) is 9.68. The third kappa shape index (κ3) is 5.18. The van der Waals surface area contributed by atoms with Gasteiger partial charge in [0.25, 0.3) is 0 Å². The summed E-state index contributed by atoms with van der Waals surface area (Å²) in [5.41, 5.74) is 5.67. The highest BCUT2D eigenvalue weighted by molar-refractivity contribution is 5.47. The van der Waals surface area contributed by atoms with Gasteiger partial charge in [-0.05, 0) is 26.5 Å². The molecule has 0 heterocycles. The fourth-order valence-electron chi connectivity index (χ4n) is 1.14. The summed E-state index contributed by atoms with van der Waals surface area (Å²) in [4.78, 5) is 12.4. The molecule has 0 saturated heterocycles. The van der Waals surface area contributed by atoms with E-state index in [2.05, 4.69) is 5.73 Å². The topological polar surface area (TPSA) is 46.3 Å². The second-order valence-electron chi connectivity index (χ2n) is 3.36. The molecule has 0 aromatic heterocycles. The Bertz CT molecular complexity index is 260. The van der Waals surface area contributed by atoms with Gasteiger partial charge in [-0.25, -0.2) is 0 Å². The molecule has 0 aliphatic rings. The van der Waals surface area contributed by atoms with E-state index < -0.39 is 0 Å². The Balaban J connectivity index is 0.000000921. The molecule has 0 fully saturated rings. The first-order valence-corrected chi connectivity index (χ1v) is 5.06. The first kappa shape index (κ1) is 13.7. The van der Waals surface area contributed by atoms with Gasteiger partial charge in [-0.2, -0.15) is 0 Å². The number of nitrogens with two attached hydrogens (primary N) is 1. The highest BCUT2D eigenvalue weighted by Crippen LogP contribution is 2.05. The number of carbonyl (C=O) groups is 1. The number of benzene rings is 1. The molecule has 1 rings (SSSR count). The van der Waals surface area contributed by atoms with Crippen LogP contribution in [0.4, 0.5) is 0 Å². The summed E-state index contributed by atoms with van der Waals surface area (Å²) in [7, 11) is 1.50. The molecular weight excluding hydrogens is 188 g/mol. The van der Waals surface area contributed by atoms with Gasteiger partial charge in [0.2, 0.25) is 6.41 Å². The van der Waals surface area contributed by atoms with Gasteiger partial charge in [-0.1, -0.05) is 30.3 Å².